The number of imidazole rings is 1. The standard InChI is InChI=1S/C16H13ClN2O/c17-13-6-7-15(20)14(10-13)16(19-9-8-18-11-19)12-4-2-1-3-5-12/h1-11,16,20H. The fourth-order valence-electron chi connectivity index (χ4n) is 2.31. The van der Waals surface area contributed by atoms with Gasteiger partial charge < -0.3 is 9.67 Å². The molecule has 1 heterocycles. The van der Waals surface area contributed by atoms with Gasteiger partial charge in [-0.15, -0.1) is 0 Å². The molecule has 4 heteroatoms. The third-order valence-corrected chi connectivity index (χ3v) is 3.46. The minimum absolute atomic E-state index is 0.155. The predicted molar refractivity (Wildman–Crippen MR) is 79.0 cm³/mol. The second-order valence-corrected chi connectivity index (χ2v) is 4.96. The number of nitrogens with zero attached hydrogens (tertiary/aromatic N) is 2. The van der Waals surface area contributed by atoms with Crippen LogP contribution in [0.5, 0.6) is 5.75 Å². The van der Waals surface area contributed by atoms with Crippen LogP contribution < -0.4 is 0 Å². The Morgan fingerprint density at radius 1 is 1.10 bits per heavy atom. The van der Waals surface area contributed by atoms with Gasteiger partial charge in [-0.25, -0.2) is 4.98 Å². The molecule has 20 heavy (non-hydrogen) atoms. The van der Waals surface area contributed by atoms with E-state index in [-0.39, 0.29) is 11.8 Å². The van der Waals surface area contributed by atoms with Crippen LogP contribution in [0.15, 0.2) is 67.3 Å². The molecule has 3 aromatic rings. The molecule has 0 amide bonds. The smallest absolute Gasteiger partial charge is 0.121 e. The van der Waals surface area contributed by atoms with Crippen molar-refractivity contribution in [2.24, 2.45) is 0 Å². The molecule has 0 saturated heterocycles. The molecule has 0 aliphatic heterocycles. The summed E-state index contributed by atoms with van der Waals surface area (Å²) in [6.07, 6.45) is 5.33. The van der Waals surface area contributed by atoms with Crippen LogP contribution in [0.4, 0.5) is 0 Å². The van der Waals surface area contributed by atoms with Crippen LogP contribution >= 0.6 is 11.6 Å². The van der Waals surface area contributed by atoms with Gasteiger partial charge in [0, 0.05) is 23.0 Å². The van der Waals surface area contributed by atoms with Crippen molar-refractivity contribution in [3.05, 3.63) is 83.4 Å². The van der Waals surface area contributed by atoms with Gasteiger partial charge in [0.05, 0.1) is 12.4 Å². The van der Waals surface area contributed by atoms with Crippen molar-refractivity contribution in [2.75, 3.05) is 0 Å². The molecule has 3 rings (SSSR count). The van der Waals surface area contributed by atoms with E-state index in [9.17, 15) is 5.11 Å². The summed E-state index contributed by atoms with van der Waals surface area (Å²) in [6, 6.07) is 14.9. The molecule has 0 saturated carbocycles. The highest BCUT2D eigenvalue weighted by molar-refractivity contribution is 6.30. The van der Waals surface area contributed by atoms with Crippen molar-refractivity contribution in [1.82, 2.24) is 9.55 Å². The van der Waals surface area contributed by atoms with E-state index in [1.807, 2.05) is 41.1 Å². The Bertz CT molecular complexity index is 696. The molecule has 100 valence electrons. The molecule has 1 atom stereocenters. The second-order valence-electron chi connectivity index (χ2n) is 4.53. The first-order valence-electron chi connectivity index (χ1n) is 6.26. The molecular weight excluding hydrogens is 272 g/mol. The number of aromatic hydroxyl groups is 1. The van der Waals surface area contributed by atoms with E-state index in [2.05, 4.69) is 4.98 Å². The molecule has 0 aliphatic carbocycles. The molecule has 1 N–H and O–H groups in total. The highest BCUT2D eigenvalue weighted by atomic mass is 35.5. The molecule has 0 fully saturated rings. The highest BCUT2D eigenvalue weighted by Gasteiger charge is 2.19. The number of rotatable bonds is 3. The Balaban J connectivity index is 2.18. The lowest BCUT2D eigenvalue weighted by atomic mass is 9.97. The van der Waals surface area contributed by atoms with E-state index in [4.69, 9.17) is 11.6 Å². The number of halogens is 1. The SMILES string of the molecule is Oc1ccc(Cl)cc1C(c1ccccc1)n1ccnc1. The zero-order valence-corrected chi connectivity index (χ0v) is 11.4. The van der Waals surface area contributed by atoms with E-state index in [1.165, 1.54) is 0 Å². The summed E-state index contributed by atoms with van der Waals surface area (Å²) >= 11 is 6.07. The summed E-state index contributed by atoms with van der Waals surface area (Å²) in [6.45, 7) is 0. The predicted octanol–water partition coefficient (Wildman–Crippen LogP) is 3.88. The van der Waals surface area contributed by atoms with E-state index in [0.717, 1.165) is 11.1 Å². The summed E-state index contributed by atoms with van der Waals surface area (Å²) in [4.78, 5) is 4.09. The first-order chi connectivity index (χ1) is 9.75. The van der Waals surface area contributed by atoms with Gasteiger partial charge in [0.1, 0.15) is 5.75 Å². The van der Waals surface area contributed by atoms with Gasteiger partial charge in [-0.1, -0.05) is 41.9 Å². The molecule has 0 radical (unpaired) electrons. The highest BCUT2D eigenvalue weighted by Crippen LogP contribution is 2.34. The molecule has 2 aromatic carbocycles. The van der Waals surface area contributed by atoms with Crippen molar-refractivity contribution in [1.29, 1.82) is 0 Å². The summed E-state index contributed by atoms with van der Waals surface area (Å²) in [5, 5.41) is 10.8. The number of hydrogen-bond donors (Lipinski definition) is 1. The third kappa shape index (κ3) is 2.40. The molecule has 0 bridgehead atoms. The second kappa shape index (κ2) is 5.39. The number of hydrogen-bond acceptors (Lipinski definition) is 2. The third-order valence-electron chi connectivity index (χ3n) is 3.22. The summed E-state index contributed by atoms with van der Waals surface area (Å²) in [7, 11) is 0. The van der Waals surface area contributed by atoms with Crippen LogP contribution in [-0.4, -0.2) is 14.7 Å². The van der Waals surface area contributed by atoms with Crippen LogP contribution in [0.2, 0.25) is 5.02 Å². The number of phenols is 1. The fraction of sp³-hybridized carbons (Fsp3) is 0.0625. The maximum Gasteiger partial charge on any atom is 0.121 e. The minimum Gasteiger partial charge on any atom is -0.508 e. The molecule has 0 spiro atoms. The van der Waals surface area contributed by atoms with E-state index < -0.39 is 0 Å². The minimum atomic E-state index is -0.155. The van der Waals surface area contributed by atoms with Crippen molar-refractivity contribution < 1.29 is 5.11 Å². The van der Waals surface area contributed by atoms with Gasteiger partial charge in [-0.2, -0.15) is 0 Å². The van der Waals surface area contributed by atoms with Crippen LogP contribution in [0.25, 0.3) is 0 Å². The Labute approximate surface area is 122 Å². The van der Waals surface area contributed by atoms with Gasteiger partial charge >= 0.3 is 0 Å². The zero-order chi connectivity index (χ0) is 13.9. The summed E-state index contributed by atoms with van der Waals surface area (Å²) in [5.41, 5.74) is 1.81. The van der Waals surface area contributed by atoms with Gasteiger partial charge in [0.2, 0.25) is 0 Å². The Morgan fingerprint density at radius 2 is 1.90 bits per heavy atom. The first-order valence-corrected chi connectivity index (χ1v) is 6.64. The van der Waals surface area contributed by atoms with Gasteiger partial charge in [-0.3, -0.25) is 0 Å². The van der Waals surface area contributed by atoms with Crippen LogP contribution in [0, 0.1) is 0 Å². The number of aromatic nitrogens is 2. The lowest BCUT2D eigenvalue weighted by molar-refractivity contribution is 0.460. The fourth-order valence-corrected chi connectivity index (χ4v) is 2.49. The Hall–Kier alpha value is -2.26. The Kier molecular flexibility index (Phi) is 3.44. The van der Waals surface area contributed by atoms with E-state index in [0.29, 0.717) is 5.02 Å². The maximum absolute atomic E-state index is 10.2. The van der Waals surface area contributed by atoms with Crippen molar-refractivity contribution in [3.8, 4) is 5.75 Å². The topological polar surface area (TPSA) is 38.0 Å². The average molecular weight is 285 g/mol. The molecule has 3 nitrogen and oxygen atoms in total. The molecule has 1 unspecified atom stereocenters. The van der Waals surface area contributed by atoms with Crippen molar-refractivity contribution in [2.45, 2.75) is 6.04 Å². The normalized spacial score (nSPS) is 12.2. The maximum atomic E-state index is 10.2. The van der Waals surface area contributed by atoms with Crippen molar-refractivity contribution in [3.63, 3.8) is 0 Å². The Morgan fingerprint density at radius 3 is 2.60 bits per heavy atom. The first kappa shape index (κ1) is 12.8. The lowest BCUT2D eigenvalue weighted by Crippen LogP contribution is -2.10. The van der Waals surface area contributed by atoms with Gasteiger partial charge in [-0.05, 0) is 23.8 Å². The van der Waals surface area contributed by atoms with Gasteiger partial charge in [0.25, 0.3) is 0 Å². The summed E-state index contributed by atoms with van der Waals surface area (Å²) in [5.74, 6) is 0.219. The average Bonchev–Trinajstić information content (AvgIpc) is 2.98. The molecule has 0 aliphatic rings. The van der Waals surface area contributed by atoms with Crippen molar-refractivity contribution >= 4 is 11.6 Å². The van der Waals surface area contributed by atoms with Crippen LogP contribution in [0.1, 0.15) is 17.2 Å². The quantitative estimate of drug-likeness (QED) is 0.792. The van der Waals surface area contributed by atoms with E-state index in [1.54, 1.807) is 30.7 Å². The van der Waals surface area contributed by atoms with E-state index >= 15 is 0 Å². The number of phenolic OH excluding ortho intramolecular Hbond substituents is 1. The zero-order valence-electron chi connectivity index (χ0n) is 10.6. The van der Waals surface area contributed by atoms with Gasteiger partial charge in [0.15, 0.2) is 0 Å². The molecular formula is C16H13ClN2O. The monoisotopic (exact) mass is 284 g/mol. The summed E-state index contributed by atoms with van der Waals surface area (Å²) < 4.78 is 1.95. The molecule has 1 aromatic heterocycles. The van der Waals surface area contributed by atoms with Crippen LogP contribution in [-0.2, 0) is 0 Å². The lowest BCUT2D eigenvalue weighted by Gasteiger charge is -2.20. The largest absolute Gasteiger partial charge is 0.508 e. The number of benzene rings is 2. The van der Waals surface area contributed by atoms with Crippen LogP contribution in [0.3, 0.4) is 0 Å².